The van der Waals surface area contributed by atoms with Crippen molar-refractivity contribution in [3.63, 3.8) is 0 Å². The fourth-order valence-electron chi connectivity index (χ4n) is 3.78. The lowest BCUT2D eigenvalue weighted by atomic mass is 9.66. The number of likely N-dealkylation sites (tertiary alicyclic amines) is 1. The molecule has 0 aromatic carbocycles. The molecule has 0 unspecified atom stereocenters. The molecule has 0 atom stereocenters. The first-order valence-electron chi connectivity index (χ1n) is 7.89. The van der Waals surface area contributed by atoms with Gasteiger partial charge >= 0.3 is 6.09 Å². The van der Waals surface area contributed by atoms with Gasteiger partial charge in [-0.1, -0.05) is 0 Å². The molecule has 0 radical (unpaired) electrons. The summed E-state index contributed by atoms with van der Waals surface area (Å²) in [5, 5.41) is 22.7. The van der Waals surface area contributed by atoms with Gasteiger partial charge in [-0.2, -0.15) is 10.4 Å². The molecule has 3 rings (SSSR count). The number of hydrogen-bond donors (Lipinski definition) is 1. The minimum absolute atomic E-state index is 0.0257. The number of carboxylic acid groups (broad SMARTS) is 1. The van der Waals surface area contributed by atoms with Crippen molar-refractivity contribution >= 4 is 11.9 Å². The van der Waals surface area contributed by atoms with Gasteiger partial charge in [-0.15, -0.1) is 0 Å². The Morgan fingerprint density at radius 1 is 1.35 bits per heavy atom. The van der Waals surface area contributed by atoms with Crippen molar-refractivity contribution in [3.05, 3.63) is 17.0 Å². The van der Waals surface area contributed by atoms with Crippen molar-refractivity contribution in [1.82, 2.24) is 14.7 Å². The first kappa shape index (κ1) is 15.5. The zero-order valence-corrected chi connectivity index (χ0v) is 13.4. The van der Waals surface area contributed by atoms with Gasteiger partial charge in [0, 0.05) is 31.1 Å². The van der Waals surface area contributed by atoms with Crippen LogP contribution < -0.4 is 0 Å². The number of hydrogen-bond acceptors (Lipinski definition) is 4. The minimum Gasteiger partial charge on any atom is -0.465 e. The number of carbonyl (C=O) groups excluding carboxylic acids is 1. The van der Waals surface area contributed by atoms with Crippen LogP contribution in [0, 0.1) is 16.7 Å². The molecule has 7 nitrogen and oxygen atoms in total. The number of rotatable bonds is 1. The maximum absolute atomic E-state index is 12.7. The SMILES string of the molecule is CC(C)n1nc(C#N)c2c1C(=O)CC1(CCN(C(=O)O)CC1)C2. The highest BCUT2D eigenvalue weighted by molar-refractivity contribution is 5.98. The third kappa shape index (κ3) is 2.48. The summed E-state index contributed by atoms with van der Waals surface area (Å²) in [5.41, 5.74) is 1.43. The lowest BCUT2D eigenvalue weighted by Crippen LogP contribution is -2.46. The number of ketones is 1. The largest absolute Gasteiger partial charge is 0.465 e. The Morgan fingerprint density at radius 3 is 2.52 bits per heavy atom. The van der Waals surface area contributed by atoms with Crippen molar-refractivity contribution in [1.29, 1.82) is 5.26 Å². The van der Waals surface area contributed by atoms with Gasteiger partial charge in [-0.05, 0) is 38.5 Å². The van der Waals surface area contributed by atoms with Gasteiger partial charge < -0.3 is 10.0 Å². The van der Waals surface area contributed by atoms with Crippen LogP contribution in [0.2, 0.25) is 0 Å². The summed E-state index contributed by atoms with van der Waals surface area (Å²) >= 11 is 0. The van der Waals surface area contributed by atoms with Gasteiger partial charge in [0.05, 0.1) is 0 Å². The van der Waals surface area contributed by atoms with Crippen molar-refractivity contribution in [2.45, 2.75) is 45.6 Å². The molecule has 7 heteroatoms. The molecule has 1 amide bonds. The fourth-order valence-corrected chi connectivity index (χ4v) is 3.78. The predicted octanol–water partition coefficient (Wildman–Crippen LogP) is 2.22. The number of Topliss-reactive ketones (excluding diaryl/α,β-unsaturated/α-hetero) is 1. The first-order valence-corrected chi connectivity index (χ1v) is 7.89. The number of aromatic nitrogens is 2. The molecule has 0 saturated carbocycles. The molecule has 1 spiro atoms. The van der Waals surface area contributed by atoms with Crippen molar-refractivity contribution in [2.24, 2.45) is 5.41 Å². The molecule has 0 bridgehead atoms. The fraction of sp³-hybridized carbons (Fsp3) is 0.625. The second-order valence-electron chi connectivity index (χ2n) is 6.87. The van der Waals surface area contributed by atoms with Crippen molar-refractivity contribution in [2.75, 3.05) is 13.1 Å². The predicted molar refractivity (Wildman–Crippen MR) is 81.2 cm³/mol. The van der Waals surface area contributed by atoms with Gasteiger partial charge in [0.2, 0.25) is 0 Å². The Labute approximate surface area is 134 Å². The van der Waals surface area contributed by atoms with E-state index in [0.29, 0.717) is 50.2 Å². The van der Waals surface area contributed by atoms with Gasteiger partial charge in [-0.25, -0.2) is 4.79 Å². The molecule has 1 aromatic heterocycles. The number of amides is 1. The van der Waals surface area contributed by atoms with E-state index in [-0.39, 0.29) is 17.2 Å². The summed E-state index contributed by atoms with van der Waals surface area (Å²) in [7, 11) is 0. The second-order valence-corrected chi connectivity index (χ2v) is 6.87. The van der Waals surface area contributed by atoms with Gasteiger partial charge in [-0.3, -0.25) is 9.48 Å². The molecule has 23 heavy (non-hydrogen) atoms. The van der Waals surface area contributed by atoms with E-state index in [2.05, 4.69) is 11.2 Å². The van der Waals surface area contributed by atoms with Gasteiger partial charge in [0.25, 0.3) is 0 Å². The molecule has 122 valence electrons. The van der Waals surface area contributed by atoms with E-state index in [9.17, 15) is 14.9 Å². The van der Waals surface area contributed by atoms with Crippen LogP contribution in [0.4, 0.5) is 4.79 Å². The highest BCUT2D eigenvalue weighted by atomic mass is 16.4. The third-order valence-electron chi connectivity index (χ3n) is 5.05. The Hall–Kier alpha value is -2.36. The van der Waals surface area contributed by atoms with Crippen molar-refractivity contribution < 1.29 is 14.7 Å². The molecule has 1 saturated heterocycles. The maximum atomic E-state index is 12.7. The van der Waals surface area contributed by atoms with Crippen LogP contribution in [0.15, 0.2) is 0 Å². The van der Waals surface area contributed by atoms with Crippen LogP contribution in [0.5, 0.6) is 0 Å². The van der Waals surface area contributed by atoms with E-state index >= 15 is 0 Å². The van der Waals surface area contributed by atoms with E-state index in [4.69, 9.17) is 5.11 Å². The third-order valence-corrected chi connectivity index (χ3v) is 5.05. The Bertz CT molecular complexity index is 706. The van der Waals surface area contributed by atoms with Crippen LogP contribution >= 0.6 is 0 Å². The van der Waals surface area contributed by atoms with E-state index in [0.717, 1.165) is 5.56 Å². The quantitative estimate of drug-likeness (QED) is 0.856. The molecular formula is C16H20N4O3. The number of fused-ring (bicyclic) bond motifs is 1. The molecule has 2 aliphatic rings. The maximum Gasteiger partial charge on any atom is 0.407 e. The number of piperidine rings is 1. The standard InChI is InChI=1S/C16H20N4O3/c1-10(2)20-14-11(12(9-17)18-20)7-16(8-13(14)21)3-5-19(6-4-16)15(22)23/h10H,3-8H2,1-2H3,(H,22,23). The monoisotopic (exact) mass is 316 g/mol. The Morgan fingerprint density at radius 2 is 2.00 bits per heavy atom. The highest BCUT2D eigenvalue weighted by Crippen LogP contribution is 2.44. The summed E-state index contributed by atoms with van der Waals surface area (Å²) in [6.07, 6.45) is 1.45. The summed E-state index contributed by atoms with van der Waals surface area (Å²) in [6, 6.07) is 2.14. The smallest absolute Gasteiger partial charge is 0.407 e. The van der Waals surface area contributed by atoms with Gasteiger partial charge in [0.15, 0.2) is 11.5 Å². The van der Waals surface area contributed by atoms with E-state index in [1.807, 2.05) is 13.8 Å². The zero-order chi connectivity index (χ0) is 16.8. The topological polar surface area (TPSA) is 99.2 Å². The lowest BCUT2D eigenvalue weighted by Gasteiger charge is -2.42. The molecule has 1 aliphatic heterocycles. The summed E-state index contributed by atoms with van der Waals surface area (Å²) < 4.78 is 1.66. The van der Waals surface area contributed by atoms with E-state index < -0.39 is 6.09 Å². The van der Waals surface area contributed by atoms with Crippen LogP contribution in [-0.2, 0) is 6.42 Å². The zero-order valence-electron chi connectivity index (χ0n) is 13.4. The molecule has 1 fully saturated rings. The van der Waals surface area contributed by atoms with Crippen LogP contribution in [0.3, 0.4) is 0 Å². The normalized spacial score (nSPS) is 19.7. The summed E-state index contributed by atoms with van der Waals surface area (Å²) in [6.45, 7) is 4.77. The number of nitriles is 1. The van der Waals surface area contributed by atoms with E-state index in [1.165, 1.54) is 4.90 Å². The van der Waals surface area contributed by atoms with Crippen LogP contribution in [-0.4, -0.2) is 44.8 Å². The van der Waals surface area contributed by atoms with Gasteiger partial charge in [0.1, 0.15) is 11.8 Å². The Kier molecular flexibility index (Phi) is 3.63. The number of nitrogens with zero attached hydrogens (tertiary/aromatic N) is 4. The molecular weight excluding hydrogens is 296 g/mol. The summed E-state index contributed by atoms with van der Waals surface area (Å²) in [4.78, 5) is 25.2. The Balaban J connectivity index is 1.94. The highest BCUT2D eigenvalue weighted by Gasteiger charge is 2.44. The average molecular weight is 316 g/mol. The van der Waals surface area contributed by atoms with E-state index in [1.54, 1.807) is 4.68 Å². The molecule has 1 N–H and O–H groups in total. The molecule has 2 heterocycles. The molecule has 1 aromatic rings. The van der Waals surface area contributed by atoms with Crippen molar-refractivity contribution in [3.8, 4) is 6.07 Å². The lowest BCUT2D eigenvalue weighted by molar-refractivity contribution is 0.0655. The number of carbonyl (C=O) groups is 2. The molecule has 1 aliphatic carbocycles. The first-order chi connectivity index (χ1) is 10.9. The van der Waals surface area contributed by atoms with Crippen LogP contribution in [0.1, 0.15) is 60.9 Å². The second kappa shape index (κ2) is 5.37. The van der Waals surface area contributed by atoms with Crippen LogP contribution in [0.25, 0.3) is 0 Å². The minimum atomic E-state index is -0.909. The summed E-state index contributed by atoms with van der Waals surface area (Å²) in [5.74, 6) is 0.0257. The average Bonchev–Trinajstić information content (AvgIpc) is 2.86.